The minimum Gasteiger partial charge on any atom is -0.290 e. The first-order chi connectivity index (χ1) is 9.42. The van der Waals surface area contributed by atoms with Crippen molar-refractivity contribution in [1.82, 2.24) is 0 Å². The van der Waals surface area contributed by atoms with Gasteiger partial charge in [0.1, 0.15) is 0 Å². The summed E-state index contributed by atoms with van der Waals surface area (Å²) in [5, 5.41) is 7.12. The number of rotatable bonds is 1. The van der Waals surface area contributed by atoms with Gasteiger partial charge in [0, 0.05) is 32.7 Å². The molecule has 0 aliphatic carbocycles. The molecule has 0 nitrogen and oxygen atoms in total. The van der Waals surface area contributed by atoms with Crippen molar-refractivity contribution in [3.63, 3.8) is 0 Å². The van der Waals surface area contributed by atoms with Gasteiger partial charge in [-0.2, -0.15) is 22.4 Å². The monoisotopic (exact) mass is 347 g/mol. The molecule has 0 N–H and O–H groups in total. The smallest absolute Gasteiger partial charge is 0 e. The minimum absolute atomic E-state index is 0. The third-order valence-corrected chi connectivity index (χ3v) is 4.20. The summed E-state index contributed by atoms with van der Waals surface area (Å²) in [6.45, 7) is 0. The molecule has 1 heterocycles. The van der Waals surface area contributed by atoms with Gasteiger partial charge in [0.15, 0.2) is 0 Å². The van der Waals surface area contributed by atoms with Crippen molar-refractivity contribution >= 4 is 32.9 Å². The van der Waals surface area contributed by atoms with Crippen LogP contribution in [0.25, 0.3) is 32.0 Å². The first-order valence-electron chi connectivity index (χ1n) is 6.20. The third kappa shape index (κ3) is 2.35. The van der Waals surface area contributed by atoms with Gasteiger partial charge in [-0.15, -0.1) is 22.9 Å². The summed E-state index contributed by atoms with van der Waals surface area (Å²) < 4.78 is 0. The first-order valence-corrected chi connectivity index (χ1v) is 7.08. The van der Waals surface area contributed by atoms with E-state index in [9.17, 15) is 0 Å². The van der Waals surface area contributed by atoms with E-state index in [-0.39, 0.29) is 32.7 Å². The fraction of sp³-hybridized carbons (Fsp3) is 0. The maximum Gasteiger partial charge on any atom is 0 e. The van der Waals surface area contributed by atoms with Gasteiger partial charge in [0.25, 0.3) is 0 Å². The van der Waals surface area contributed by atoms with E-state index in [0.717, 1.165) is 10.4 Å². The van der Waals surface area contributed by atoms with Crippen molar-refractivity contribution in [3.05, 3.63) is 72.1 Å². The van der Waals surface area contributed by atoms with Crippen LogP contribution in [-0.4, -0.2) is 0 Å². The van der Waals surface area contributed by atoms with Crippen molar-refractivity contribution in [3.8, 4) is 10.4 Å². The molecule has 0 amide bonds. The van der Waals surface area contributed by atoms with E-state index in [4.69, 9.17) is 0 Å². The fourth-order valence-electron chi connectivity index (χ4n) is 2.47. The Bertz CT molecular complexity index is 863. The number of thiophene rings is 1. The zero-order chi connectivity index (χ0) is 12.7. The van der Waals surface area contributed by atoms with Gasteiger partial charge < -0.3 is 0 Å². The second-order valence-corrected chi connectivity index (χ2v) is 5.45. The molecule has 0 fully saturated rings. The second-order valence-electron chi connectivity index (χ2n) is 4.53. The maximum absolute atomic E-state index is 3.36. The van der Waals surface area contributed by atoms with Crippen LogP contribution in [0.1, 0.15) is 0 Å². The number of hydrogen-bond acceptors (Lipinski definition) is 1. The van der Waals surface area contributed by atoms with Crippen LogP contribution in [0.3, 0.4) is 0 Å². The molecule has 0 atom stereocenters. The summed E-state index contributed by atoms with van der Waals surface area (Å²) in [4.78, 5) is 1.15. The average molecular weight is 347 g/mol. The maximum atomic E-state index is 3.36. The molecule has 0 saturated heterocycles. The summed E-state index contributed by atoms with van der Waals surface area (Å²) in [5.41, 5.74) is 1.15. The molecule has 0 aliphatic heterocycles. The standard InChI is InChI=1S/C18H10S.Y/c1-2-6-14-12-17-15(11-13(14)5-1)7-3-8-16(17)18-9-4-10-19-18;/h1-7,10-12H;/q-2;. The van der Waals surface area contributed by atoms with Crippen molar-refractivity contribution in [2.75, 3.05) is 0 Å². The second kappa shape index (κ2) is 5.77. The molecule has 4 rings (SSSR count). The number of benzene rings is 3. The van der Waals surface area contributed by atoms with Gasteiger partial charge in [-0.05, 0) is 10.8 Å². The van der Waals surface area contributed by atoms with Crippen molar-refractivity contribution in [2.24, 2.45) is 0 Å². The Morgan fingerprint density at radius 3 is 2.35 bits per heavy atom. The van der Waals surface area contributed by atoms with Crippen LogP contribution in [0.15, 0.2) is 60.0 Å². The van der Waals surface area contributed by atoms with E-state index in [1.165, 1.54) is 21.5 Å². The number of hydrogen-bond donors (Lipinski definition) is 0. The van der Waals surface area contributed by atoms with Gasteiger partial charge in [0.2, 0.25) is 0 Å². The van der Waals surface area contributed by atoms with E-state index in [1.807, 2.05) is 12.1 Å². The average Bonchev–Trinajstić information content (AvgIpc) is 2.98. The Morgan fingerprint density at radius 2 is 1.60 bits per heavy atom. The van der Waals surface area contributed by atoms with Crippen molar-refractivity contribution < 1.29 is 32.7 Å². The van der Waals surface area contributed by atoms with E-state index >= 15 is 0 Å². The Balaban J connectivity index is 0.00000121. The summed E-state index contributed by atoms with van der Waals surface area (Å²) in [6, 6.07) is 25.7. The van der Waals surface area contributed by atoms with E-state index in [0.29, 0.717) is 0 Å². The van der Waals surface area contributed by atoms with Gasteiger partial charge in [-0.3, -0.25) is 11.3 Å². The normalized spacial score (nSPS) is 10.6. The zero-order valence-corrected chi connectivity index (χ0v) is 14.4. The van der Waals surface area contributed by atoms with E-state index < -0.39 is 0 Å². The minimum atomic E-state index is 0. The van der Waals surface area contributed by atoms with Gasteiger partial charge in [-0.1, -0.05) is 30.3 Å². The molecule has 93 valence electrons. The molecule has 0 bridgehead atoms. The quantitative estimate of drug-likeness (QED) is 0.323. The first kappa shape index (κ1) is 13.9. The van der Waals surface area contributed by atoms with Crippen LogP contribution in [0.2, 0.25) is 0 Å². The van der Waals surface area contributed by atoms with Crippen LogP contribution in [0, 0.1) is 12.1 Å². The van der Waals surface area contributed by atoms with Gasteiger partial charge >= 0.3 is 0 Å². The van der Waals surface area contributed by atoms with E-state index in [1.54, 1.807) is 11.3 Å². The summed E-state index contributed by atoms with van der Waals surface area (Å²) in [6.07, 6.45) is 0. The Morgan fingerprint density at radius 1 is 0.800 bits per heavy atom. The van der Waals surface area contributed by atoms with Crippen LogP contribution < -0.4 is 0 Å². The molecule has 1 radical (unpaired) electrons. The number of fused-ring (bicyclic) bond motifs is 2. The Labute approximate surface area is 147 Å². The van der Waals surface area contributed by atoms with Crippen LogP contribution in [0.5, 0.6) is 0 Å². The van der Waals surface area contributed by atoms with Crippen LogP contribution in [-0.2, 0) is 32.7 Å². The molecule has 3 aromatic carbocycles. The van der Waals surface area contributed by atoms with Crippen molar-refractivity contribution in [1.29, 1.82) is 0 Å². The molecular formula is C18H10SY-2. The zero-order valence-electron chi connectivity index (χ0n) is 10.8. The molecule has 20 heavy (non-hydrogen) atoms. The SMILES string of the molecule is [Y].[c-]1ccsc1-c1[c-]ccc2cc3ccccc3cc12. The topological polar surface area (TPSA) is 0 Å². The van der Waals surface area contributed by atoms with Gasteiger partial charge in [-0.25, -0.2) is 17.7 Å². The predicted octanol–water partition coefficient (Wildman–Crippen LogP) is 5.32. The van der Waals surface area contributed by atoms with Gasteiger partial charge in [0.05, 0.1) is 0 Å². The predicted molar refractivity (Wildman–Crippen MR) is 82.4 cm³/mol. The third-order valence-electron chi connectivity index (χ3n) is 3.37. The van der Waals surface area contributed by atoms with Crippen molar-refractivity contribution in [2.45, 2.75) is 0 Å². The van der Waals surface area contributed by atoms with Crippen LogP contribution in [0.4, 0.5) is 0 Å². The molecule has 0 aliphatic rings. The molecule has 2 heteroatoms. The molecule has 1 aromatic heterocycles. The molecular weight excluding hydrogens is 337 g/mol. The summed E-state index contributed by atoms with van der Waals surface area (Å²) in [7, 11) is 0. The largest absolute Gasteiger partial charge is 0.290 e. The summed E-state index contributed by atoms with van der Waals surface area (Å²) >= 11 is 1.71. The fourth-order valence-corrected chi connectivity index (χ4v) is 3.16. The summed E-state index contributed by atoms with van der Waals surface area (Å²) in [5.74, 6) is 0. The molecule has 0 spiro atoms. The molecule has 0 saturated carbocycles. The Hall–Kier alpha value is -1.02. The molecule has 0 unspecified atom stereocenters. The Kier molecular flexibility index (Phi) is 4.02. The molecule has 4 aromatic rings. The van der Waals surface area contributed by atoms with E-state index in [2.05, 4.69) is 60.0 Å². The van der Waals surface area contributed by atoms with Crippen LogP contribution >= 0.6 is 11.3 Å².